The smallest absolute Gasteiger partial charge is 0.236 e. The maximum atomic E-state index is 11.3. The molecule has 6 nitrogen and oxygen atoms in total. The van der Waals surface area contributed by atoms with Crippen LogP contribution in [0.3, 0.4) is 0 Å². The number of halogens is 1. The molecule has 0 saturated carbocycles. The Hall–Kier alpha value is -0.370. The molecule has 96 valence electrons. The molecule has 1 saturated heterocycles. The Bertz CT molecular complexity index is 314. The van der Waals surface area contributed by atoms with Crippen LogP contribution in [0.5, 0.6) is 0 Å². The van der Waals surface area contributed by atoms with Gasteiger partial charge in [0, 0.05) is 12.6 Å². The van der Waals surface area contributed by atoms with Crippen molar-refractivity contribution in [2.75, 3.05) is 25.9 Å². The SMILES string of the molecule is CNS(=O)(=O)CC(=O)NC1CCCNC1.Cl. The summed E-state index contributed by atoms with van der Waals surface area (Å²) in [5.41, 5.74) is 0. The lowest BCUT2D eigenvalue weighted by molar-refractivity contribution is -0.119. The first kappa shape index (κ1) is 15.6. The zero-order valence-electron chi connectivity index (χ0n) is 9.15. The first-order valence-corrected chi connectivity index (χ1v) is 6.60. The first-order chi connectivity index (χ1) is 7.03. The Balaban J connectivity index is 0.00000225. The van der Waals surface area contributed by atoms with Gasteiger partial charge in [0.1, 0.15) is 5.75 Å². The van der Waals surface area contributed by atoms with Crippen LogP contribution in [0.1, 0.15) is 12.8 Å². The van der Waals surface area contributed by atoms with Crippen molar-refractivity contribution in [3.63, 3.8) is 0 Å². The van der Waals surface area contributed by atoms with E-state index in [4.69, 9.17) is 0 Å². The van der Waals surface area contributed by atoms with E-state index in [-0.39, 0.29) is 18.4 Å². The van der Waals surface area contributed by atoms with Crippen molar-refractivity contribution in [3.8, 4) is 0 Å². The van der Waals surface area contributed by atoms with Crippen LogP contribution in [0.4, 0.5) is 0 Å². The van der Waals surface area contributed by atoms with Gasteiger partial charge in [0.25, 0.3) is 0 Å². The zero-order valence-corrected chi connectivity index (χ0v) is 10.8. The minimum absolute atomic E-state index is 0. The zero-order chi connectivity index (χ0) is 11.3. The molecular weight excluding hydrogens is 254 g/mol. The highest BCUT2D eigenvalue weighted by atomic mass is 35.5. The predicted molar refractivity (Wildman–Crippen MR) is 64.1 cm³/mol. The largest absolute Gasteiger partial charge is 0.351 e. The summed E-state index contributed by atoms with van der Waals surface area (Å²) in [6.45, 7) is 1.67. The Morgan fingerprint density at radius 2 is 2.19 bits per heavy atom. The molecule has 0 aromatic rings. The second-order valence-electron chi connectivity index (χ2n) is 3.57. The number of carbonyl (C=O) groups is 1. The van der Waals surface area contributed by atoms with E-state index >= 15 is 0 Å². The third-order valence-electron chi connectivity index (χ3n) is 2.29. The number of carbonyl (C=O) groups excluding carboxylic acids is 1. The van der Waals surface area contributed by atoms with Crippen molar-refractivity contribution >= 4 is 28.3 Å². The van der Waals surface area contributed by atoms with Crippen LogP contribution in [0.2, 0.25) is 0 Å². The molecule has 0 spiro atoms. The first-order valence-electron chi connectivity index (χ1n) is 4.95. The van der Waals surface area contributed by atoms with Gasteiger partial charge in [-0.05, 0) is 26.4 Å². The molecule has 1 rings (SSSR count). The molecule has 1 aliphatic rings. The molecule has 1 amide bonds. The van der Waals surface area contributed by atoms with Gasteiger partial charge in [0.05, 0.1) is 0 Å². The lowest BCUT2D eigenvalue weighted by Gasteiger charge is -2.23. The fourth-order valence-corrected chi connectivity index (χ4v) is 2.06. The van der Waals surface area contributed by atoms with Gasteiger partial charge in [0.2, 0.25) is 15.9 Å². The van der Waals surface area contributed by atoms with Gasteiger partial charge in [0.15, 0.2) is 0 Å². The van der Waals surface area contributed by atoms with Crippen molar-refractivity contribution in [3.05, 3.63) is 0 Å². The molecule has 16 heavy (non-hydrogen) atoms. The van der Waals surface area contributed by atoms with Gasteiger partial charge in [-0.1, -0.05) is 0 Å². The van der Waals surface area contributed by atoms with E-state index in [1.54, 1.807) is 0 Å². The van der Waals surface area contributed by atoms with Gasteiger partial charge in [-0.3, -0.25) is 4.79 Å². The molecule has 1 aliphatic heterocycles. The molecule has 0 aliphatic carbocycles. The van der Waals surface area contributed by atoms with Gasteiger partial charge in [-0.25, -0.2) is 13.1 Å². The standard InChI is InChI=1S/C8H17N3O3S.ClH/c1-9-15(13,14)6-8(12)11-7-3-2-4-10-5-7;/h7,9-10H,2-6H2,1H3,(H,11,12);1H. The van der Waals surface area contributed by atoms with Crippen LogP contribution >= 0.6 is 12.4 Å². The average molecular weight is 272 g/mol. The van der Waals surface area contributed by atoms with Gasteiger partial charge < -0.3 is 10.6 Å². The van der Waals surface area contributed by atoms with Crippen molar-refractivity contribution < 1.29 is 13.2 Å². The molecular formula is C8H18ClN3O3S. The molecule has 3 N–H and O–H groups in total. The minimum Gasteiger partial charge on any atom is -0.351 e. The van der Waals surface area contributed by atoms with Gasteiger partial charge >= 0.3 is 0 Å². The number of amides is 1. The van der Waals surface area contributed by atoms with E-state index in [1.165, 1.54) is 7.05 Å². The van der Waals surface area contributed by atoms with Crippen molar-refractivity contribution in [2.45, 2.75) is 18.9 Å². The Morgan fingerprint density at radius 1 is 1.50 bits per heavy atom. The molecule has 0 aromatic carbocycles. The second-order valence-corrected chi connectivity index (χ2v) is 5.50. The average Bonchev–Trinajstić information content (AvgIpc) is 2.18. The molecule has 0 bridgehead atoms. The lowest BCUT2D eigenvalue weighted by atomic mass is 10.1. The molecule has 1 fully saturated rings. The van der Waals surface area contributed by atoms with E-state index in [1.807, 2.05) is 0 Å². The molecule has 1 atom stereocenters. The summed E-state index contributed by atoms with van der Waals surface area (Å²) in [6, 6.07) is 0.0540. The normalized spacial score (nSPS) is 20.9. The second kappa shape index (κ2) is 7.05. The lowest BCUT2D eigenvalue weighted by Crippen LogP contribution is -2.47. The van der Waals surface area contributed by atoms with Crippen molar-refractivity contribution in [1.82, 2.24) is 15.4 Å². The number of hydrogen-bond donors (Lipinski definition) is 3. The molecule has 1 unspecified atom stereocenters. The van der Waals surface area contributed by atoms with E-state index in [0.29, 0.717) is 6.54 Å². The number of rotatable bonds is 4. The molecule has 1 heterocycles. The summed E-state index contributed by atoms with van der Waals surface area (Å²) in [5, 5.41) is 5.83. The van der Waals surface area contributed by atoms with Crippen molar-refractivity contribution in [1.29, 1.82) is 0 Å². The summed E-state index contributed by atoms with van der Waals surface area (Å²) in [4.78, 5) is 11.3. The van der Waals surface area contributed by atoms with E-state index in [0.717, 1.165) is 19.4 Å². The maximum absolute atomic E-state index is 11.3. The third-order valence-corrected chi connectivity index (χ3v) is 3.56. The number of piperidine rings is 1. The maximum Gasteiger partial charge on any atom is 0.236 e. The quantitative estimate of drug-likeness (QED) is 0.601. The fraction of sp³-hybridized carbons (Fsp3) is 0.875. The molecule has 8 heteroatoms. The minimum atomic E-state index is -3.45. The summed E-state index contributed by atoms with van der Waals surface area (Å²) in [7, 11) is -2.16. The van der Waals surface area contributed by atoms with E-state index < -0.39 is 21.7 Å². The summed E-state index contributed by atoms with van der Waals surface area (Å²) >= 11 is 0. The summed E-state index contributed by atoms with van der Waals surface area (Å²) in [6.07, 6.45) is 1.90. The van der Waals surface area contributed by atoms with Crippen LogP contribution in [-0.2, 0) is 14.8 Å². The summed E-state index contributed by atoms with van der Waals surface area (Å²) < 4.78 is 24.2. The molecule has 0 radical (unpaired) electrons. The number of hydrogen-bond acceptors (Lipinski definition) is 4. The highest BCUT2D eigenvalue weighted by molar-refractivity contribution is 7.90. The Morgan fingerprint density at radius 3 is 2.69 bits per heavy atom. The van der Waals surface area contributed by atoms with E-state index in [2.05, 4.69) is 15.4 Å². The Kier molecular flexibility index (Phi) is 6.89. The topological polar surface area (TPSA) is 87.3 Å². The number of nitrogens with one attached hydrogen (secondary N) is 3. The van der Waals surface area contributed by atoms with Crippen LogP contribution in [0, 0.1) is 0 Å². The molecule has 0 aromatic heterocycles. The Labute approximate surface area is 102 Å². The van der Waals surface area contributed by atoms with Crippen LogP contribution in [0.15, 0.2) is 0 Å². The predicted octanol–water partition coefficient (Wildman–Crippen LogP) is -1.17. The third kappa shape index (κ3) is 5.64. The summed E-state index contributed by atoms with van der Waals surface area (Å²) in [5.74, 6) is -0.946. The highest BCUT2D eigenvalue weighted by Gasteiger charge is 2.19. The fourth-order valence-electron chi connectivity index (χ4n) is 1.49. The van der Waals surface area contributed by atoms with E-state index in [9.17, 15) is 13.2 Å². The van der Waals surface area contributed by atoms with Gasteiger partial charge in [-0.2, -0.15) is 0 Å². The number of sulfonamides is 1. The monoisotopic (exact) mass is 271 g/mol. The van der Waals surface area contributed by atoms with Crippen LogP contribution < -0.4 is 15.4 Å². The highest BCUT2D eigenvalue weighted by Crippen LogP contribution is 2.00. The van der Waals surface area contributed by atoms with Crippen LogP contribution in [-0.4, -0.2) is 46.3 Å². The van der Waals surface area contributed by atoms with Crippen molar-refractivity contribution in [2.24, 2.45) is 0 Å². The van der Waals surface area contributed by atoms with Gasteiger partial charge in [-0.15, -0.1) is 12.4 Å². The van der Waals surface area contributed by atoms with Crippen LogP contribution in [0.25, 0.3) is 0 Å².